The number of carboxylic acids is 1. The minimum atomic E-state index is -0.977. The summed E-state index contributed by atoms with van der Waals surface area (Å²) < 4.78 is 0. The van der Waals surface area contributed by atoms with E-state index in [0.717, 1.165) is 0 Å². The number of hydrogen-bond acceptors (Lipinski definition) is 2. The van der Waals surface area contributed by atoms with E-state index in [1.807, 2.05) is 41.5 Å². The zero-order chi connectivity index (χ0) is 15.2. The van der Waals surface area contributed by atoms with Crippen molar-refractivity contribution in [2.75, 3.05) is 6.54 Å². The maximum Gasteiger partial charge on any atom is 0.326 e. The van der Waals surface area contributed by atoms with Crippen LogP contribution in [-0.2, 0) is 4.79 Å². The van der Waals surface area contributed by atoms with Gasteiger partial charge in [0.25, 0.3) is 0 Å². The number of carboxylic acid groups (broad SMARTS) is 1. The quantitative estimate of drug-likeness (QED) is 0.748. The van der Waals surface area contributed by atoms with Gasteiger partial charge in [-0.2, -0.15) is 0 Å². The lowest BCUT2D eigenvalue weighted by Crippen LogP contribution is -2.51. The number of aliphatic carboxylic acids is 1. The van der Waals surface area contributed by atoms with Crippen molar-refractivity contribution >= 4 is 12.0 Å². The van der Waals surface area contributed by atoms with E-state index in [4.69, 9.17) is 5.11 Å². The number of nitrogens with one attached hydrogen (secondary N) is 1. The molecule has 0 aliphatic heterocycles. The van der Waals surface area contributed by atoms with Crippen molar-refractivity contribution in [1.82, 2.24) is 10.2 Å². The van der Waals surface area contributed by atoms with Gasteiger partial charge in [0.2, 0.25) is 0 Å². The van der Waals surface area contributed by atoms with Crippen LogP contribution >= 0.6 is 0 Å². The lowest BCUT2D eigenvalue weighted by molar-refractivity contribution is -0.139. The molecule has 0 rings (SSSR count). The van der Waals surface area contributed by atoms with Crippen molar-refractivity contribution in [1.29, 1.82) is 0 Å². The van der Waals surface area contributed by atoms with Gasteiger partial charge in [-0.1, -0.05) is 27.7 Å². The summed E-state index contributed by atoms with van der Waals surface area (Å²) in [6.07, 6.45) is 0.439. The van der Waals surface area contributed by atoms with Gasteiger partial charge in [0.15, 0.2) is 0 Å². The van der Waals surface area contributed by atoms with Crippen LogP contribution in [0.5, 0.6) is 0 Å². The smallest absolute Gasteiger partial charge is 0.326 e. The molecule has 0 aromatic carbocycles. The lowest BCUT2D eigenvalue weighted by atomic mass is 10.0. The first-order valence-electron chi connectivity index (χ1n) is 6.95. The molecule has 112 valence electrons. The first-order valence-corrected chi connectivity index (χ1v) is 6.95. The molecule has 0 saturated heterocycles. The Morgan fingerprint density at radius 1 is 1.05 bits per heavy atom. The standard InChI is InChI=1S/C14H28N2O3/c1-9(2)7-12(13(17)18)15-14(19)16(11(5)6)8-10(3)4/h9-12H,7-8H2,1-6H3,(H,15,19)(H,17,18)/t12-/m0/s1. The lowest BCUT2D eigenvalue weighted by Gasteiger charge is -2.30. The zero-order valence-corrected chi connectivity index (χ0v) is 12.9. The van der Waals surface area contributed by atoms with Crippen molar-refractivity contribution in [2.24, 2.45) is 11.8 Å². The molecule has 19 heavy (non-hydrogen) atoms. The summed E-state index contributed by atoms with van der Waals surface area (Å²) in [5.74, 6) is -0.407. The molecule has 5 heteroatoms. The third-order valence-corrected chi connectivity index (χ3v) is 2.75. The number of rotatable bonds is 7. The Labute approximate surface area is 116 Å². The Kier molecular flexibility index (Phi) is 7.49. The summed E-state index contributed by atoms with van der Waals surface area (Å²) in [6, 6.07) is -1.06. The molecule has 2 amide bonds. The van der Waals surface area contributed by atoms with Gasteiger partial charge < -0.3 is 15.3 Å². The van der Waals surface area contributed by atoms with Crippen LogP contribution in [0.25, 0.3) is 0 Å². The third kappa shape index (κ3) is 7.03. The first kappa shape index (κ1) is 17.7. The maximum atomic E-state index is 12.2. The average Bonchev–Trinajstić information content (AvgIpc) is 2.23. The van der Waals surface area contributed by atoms with Crippen LogP contribution in [-0.4, -0.2) is 40.6 Å². The topological polar surface area (TPSA) is 69.6 Å². The van der Waals surface area contributed by atoms with Gasteiger partial charge >= 0.3 is 12.0 Å². The van der Waals surface area contributed by atoms with Gasteiger partial charge in [-0.15, -0.1) is 0 Å². The van der Waals surface area contributed by atoms with E-state index in [2.05, 4.69) is 5.32 Å². The van der Waals surface area contributed by atoms with Gasteiger partial charge in [-0.25, -0.2) is 9.59 Å². The zero-order valence-electron chi connectivity index (χ0n) is 12.9. The number of amides is 2. The highest BCUT2D eigenvalue weighted by molar-refractivity contribution is 5.82. The summed E-state index contributed by atoms with van der Waals surface area (Å²) in [6.45, 7) is 12.4. The molecule has 1 atom stereocenters. The minimum Gasteiger partial charge on any atom is -0.480 e. The van der Waals surface area contributed by atoms with E-state index in [-0.39, 0.29) is 18.0 Å². The predicted octanol–water partition coefficient (Wildman–Crippen LogP) is 2.56. The highest BCUT2D eigenvalue weighted by Gasteiger charge is 2.25. The molecule has 0 fully saturated rings. The molecule has 0 unspecified atom stereocenters. The van der Waals surface area contributed by atoms with Gasteiger partial charge in [-0.05, 0) is 32.1 Å². The number of carbonyl (C=O) groups is 2. The molecule has 0 aromatic heterocycles. The number of urea groups is 1. The van der Waals surface area contributed by atoms with Crippen molar-refractivity contribution in [2.45, 2.75) is 60.0 Å². The normalized spacial score (nSPS) is 12.9. The number of carbonyl (C=O) groups excluding carboxylic acids is 1. The van der Waals surface area contributed by atoms with Gasteiger partial charge in [0.05, 0.1) is 0 Å². The summed E-state index contributed by atoms with van der Waals surface area (Å²) in [5.41, 5.74) is 0. The largest absolute Gasteiger partial charge is 0.480 e. The molecule has 0 radical (unpaired) electrons. The Hall–Kier alpha value is -1.26. The van der Waals surface area contributed by atoms with Crippen LogP contribution in [0, 0.1) is 11.8 Å². The fourth-order valence-corrected chi connectivity index (χ4v) is 1.85. The van der Waals surface area contributed by atoms with E-state index in [1.54, 1.807) is 4.90 Å². The summed E-state index contributed by atoms with van der Waals surface area (Å²) in [4.78, 5) is 25.0. The number of hydrogen-bond donors (Lipinski definition) is 2. The van der Waals surface area contributed by atoms with Crippen LogP contribution in [0.4, 0.5) is 4.79 Å². The Morgan fingerprint density at radius 3 is 1.89 bits per heavy atom. The van der Waals surface area contributed by atoms with Crippen molar-refractivity contribution in [3.63, 3.8) is 0 Å². The van der Waals surface area contributed by atoms with Crippen molar-refractivity contribution in [3.05, 3.63) is 0 Å². The summed E-state index contributed by atoms with van der Waals surface area (Å²) in [7, 11) is 0. The summed E-state index contributed by atoms with van der Waals surface area (Å²) >= 11 is 0. The molecule has 2 N–H and O–H groups in total. The molecular weight excluding hydrogens is 244 g/mol. The second-order valence-corrected chi connectivity index (χ2v) is 6.11. The summed E-state index contributed by atoms with van der Waals surface area (Å²) in [5, 5.41) is 11.8. The molecule has 0 saturated carbocycles. The van der Waals surface area contributed by atoms with Gasteiger partial charge in [0, 0.05) is 12.6 Å². The predicted molar refractivity (Wildman–Crippen MR) is 76.1 cm³/mol. The molecule has 5 nitrogen and oxygen atoms in total. The molecule has 0 aromatic rings. The molecule has 0 aliphatic carbocycles. The Morgan fingerprint density at radius 2 is 1.58 bits per heavy atom. The average molecular weight is 272 g/mol. The SMILES string of the molecule is CC(C)C[C@H](NC(=O)N(CC(C)C)C(C)C)C(=O)O. The fraction of sp³-hybridized carbons (Fsp3) is 0.857. The van der Waals surface area contributed by atoms with Crippen LogP contribution in [0.3, 0.4) is 0 Å². The van der Waals surface area contributed by atoms with Gasteiger partial charge in [0.1, 0.15) is 6.04 Å². The highest BCUT2D eigenvalue weighted by atomic mass is 16.4. The molecule has 0 aliphatic rings. The van der Waals surface area contributed by atoms with Crippen LogP contribution in [0.1, 0.15) is 48.0 Å². The second kappa shape index (κ2) is 8.02. The Bertz CT molecular complexity index is 301. The minimum absolute atomic E-state index is 0.0518. The van der Waals surface area contributed by atoms with Crippen LogP contribution < -0.4 is 5.32 Å². The fourth-order valence-electron chi connectivity index (χ4n) is 1.85. The maximum absolute atomic E-state index is 12.2. The molecule has 0 spiro atoms. The van der Waals surface area contributed by atoms with E-state index in [0.29, 0.717) is 18.9 Å². The van der Waals surface area contributed by atoms with E-state index in [1.165, 1.54) is 0 Å². The highest BCUT2D eigenvalue weighted by Crippen LogP contribution is 2.08. The van der Waals surface area contributed by atoms with E-state index < -0.39 is 12.0 Å². The monoisotopic (exact) mass is 272 g/mol. The molecular formula is C14H28N2O3. The van der Waals surface area contributed by atoms with Crippen molar-refractivity contribution < 1.29 is 14.7 Å². The third-order valence-electron chi connectivity index (χ3n) is 2.75. The van der Waals surface area contributed by atoms with Gasteiger partial charge in [-0.3, -0.25) is 0 Å². The van der Waals surface area contributed by atoms with E-state index in [9.17, 15) is 9.59 Å². The second-order valence-electron chi connectivity index (χ2n) is 6.11. The molecule has 0 heterocycles. The number of nitrogens with zero attached hydrogens (tertiary/aromatic N) is 1. The van der Waals surface area contributed by atoms with Crippen LogP contribution in [0.2, 0.25) is 0 Å². The molecule has 0 bridgehead atoms. The van der Waals surface area contributed by atoms with Crippen LogP contribution in [0.15, 0.2) is 0 Å². The first-order chi connectivity index (χ1) is 8.65. The Balaban J connectivity index is 4.71. The van der Waals surface area contributed by atoms with Crippen molar-refractivity contribution in [3.8, 4) is 0 Å². The van der Waals surface area contributed by atoms with E-state index >= 15 is 0 Å².